The lowest BCUT2D eigenvalue weighted by molar-refractivity contribution is -0.122. The molecule has 3 rings (SSSR count). The van der Waals surface area contributed by atoms with Crippen LogP contribution in [0.15, 0.2) is 42.6 Å². The quantitative estimate of drug-likeness (QED) is 0.701. The van der Waals surface area contributed by atoms with Crippen molar-refractivity contribution in [1.82, 2.24) is 14.8 Å². The average molecular weight is 408 g/mol. The molecule has 0 saturated heterocycles. The van der Waals surface area contributed by atoms with Gasteiger partial charge in [-0.1, -0.05) is 25.2 Å². The molecule has 158 valence electrons. The van der Waals surface area contributed by atoms with E-state index >= 15 is 0 Å². The summed E-state index contributed by atoms with van der Waals surface area (Å²) in [6.45, 7) is 7.51. The molecule has 3 heterocycles. The molecule has 1 aliphatic heterocycles. The van der Waals surface area contributed by atoms with Crippen LogP contribution in [0.1, 0.15) is 50.8 Å². The van der Waals surface area contributed by atoms with Crippen molar-refractivity contribution >= 4 is 29.0 Å². The number of aryl methyl sites for hydroxylation is 2. The van der Waals surface area contributed by atoms with Gasteiger partial charge in [-0.15, -0.1) is 0 Å². The monoisotopic (exact) mass is 407 g/mol. The number of carbonyl (C=O) groups is 2. The Balaban J connectivity index is 1.52. The highest BCUT2D eigenvalue weighted by Crippen LogP contribution is 2.22. The zero-order valence-corrected chi connectivity index (χ0v) is 17.9. The normalized spacial score (nSPS) is 14.1. The number of carbonyl (C=O) groups excluding carboxylic acids is 2. The minimum Gasteiger partial charge on any atom is -0.311 e. The van der Waals surface area contributed by atoms with Gasteiger partial charge in [-0.3, -0.25) is 14.5 Å². The molecule has 0 radical (unpaired) electrons. The van der Waals surface area contributed by atoms with E-state index in [0.717, 1.165) is 42.0 Å². The Morgan fingerprint density at radius 2 is 2.07 bits per heavy atom. The lowest BCUT2D eigenvalue weighted by Crippen LogP contribution is -2.37. The summed E-state index contributed by atoms with van der Waals surface area (Å²) in [5, 5.41) is 7.17. The van der Waals surface area contributed by atoms with Crippen LogP contribution in [0, 0.1) is 6.92 Å². The zero-order chi connectivity index (χ0) is 21.5. The number of anilines is 2. The molecule has 0 atom stereocenters. The number of hydrogen-bond acceptors (Lipinski definition) is 4. The fraction of sp³-hybridized carbons (Fsp3) is 0.391. The summed E-state index contributed by atoms with van der Waals surface area (Å²) < 4.78 is 1.86. The smallest absolute Gasteiger partial charge is 0.228 e. The highest BCUT2D eigenvalue weighted by Gasteiger charge is 2.24. The summed E-state index contributed by atoms with van der Waals surface area (Å²) in [7, 11) is 0. The number of nitrogens with zero attached hydrogens (tertiary/aromatic N) is 4. The van der Waals surface area contributed by atoms with E-state index in [1.54, 1.807) is 17.2 Å². The molecule has 2 amide bonds. The topological polar surface area (TPSA) is 80.1 Å². The molecule has 0 fully saturated rings. The van der Waals surface area contributed by atoms with E-state index in [2.05, 4.69) is 28.4 Å². The van der Waals surface area contributed by atoms with Gasteiger partial charge in [-0.2, -0.15) is 5.10 Å². The fourth-order valence-corrected chi connectivity index (χ4v) is 3.37. The van der Waals surface area contributed by atoms with Crippen LogP contribution >= 0.6 is 0 Å². The van der Waals surface area contributed by atoms with E-state index in [0.29, 0.717) is 12.4 Å². The predicted molar refractivity (Wildman–Crippen MR) is 119 cm³/mol. The second-order valence-electron chi connectivity index (χ2n) is 7.43. The number of rotatable bonds is 7. The number of amides is 2. The number of pyridine rings is 1. The summed E-state index contributed by atoms with van der Waals surface area (Å²) in [6.07, 6.45) is 10.0. The van der Waals surface area contributed by atoms with Gasteiger partial charge in [-0.25, -0.2) is 9.67 Å². The van der Waals surface area contributed by atoms with Crippen molar-refractivity contribution in [3.05, 3.63) is 53.9 Å². The van der Waals surface area contributed by atoms with E-state index in [1.807, 2.05) is 42.8 Å². The second-order valence-corrected chi connectivity index (χ2v) is 7.43. The van der Waals surface area contributed by atoms with Crippen LogP contribution in [0.5, 0.6) is 0 Å². The van der Waals surface area contributed by atoms with E-state index in [-0.39, 0.29) is 24.7 Å². The molecular weight excluding hydrogens is 378 g/mol. The first-order valence-corrected chi connectivity index (χ1v) is 10.4. The predicted octanol–water partition coefficient (Wildman–Crippen LogP) is 4.11. The summed E-state index contributed by atoms with van der Waals surface area (Å²) in [4.78, 5) is 31.0. The van der Waals surface area contributed by atoms with Gasteiger partial charge in [0.05, 0.1) is 5.69 Å². The third kappa shape index (κ3) is 5.43. The summed E-state index contributed by atoms with van der Waals surface area (Å²) in [6, 6.07) is 5.62. The van der Waals surface area contributed by atoms with Gasteiger partial charge in [0.1, 0.15) is 11.6 Å². The van der Waals surface area contributed by atoms with Crippen molar-refractivity contribution < 1.29 is 9.59 Å². The van der Waals surface area contributed by atoms with E-state index in [1.165, 1.54) is 0 Å². The van der Waals surface area contributed by atoms with Gasteiger partial charge in [0, 0.05) is 38.2 Å². The maximum atomic E-state index is 12.6. The van der Waals surface area contributed by atoms with E-state index in [4.69, 9.17) is 0 Å². The van der Waals surface area contributed by atoms with Crippen LogP contribution in [0.2, 0.25) is 0 Å². The van der Waals surface area contributed by atoms with E-state index < -0.39 is 0 Å². The zero-order valence-electron chi connectivity index (χ0n) is 17.9. The molecule has 0 aromatic carbocycles. The van der Waals surface area contributed by atoms with Crippen LogP contribution in [-0.4, -0.2) is 33.1 Å². The van der Waals surface area contributed by atoms with Gasteiger partial charge in [0.2, 0.25) is 11.8 Å². The maximum Gasteiger partial charge on any atom is 0.228 e. The second kappa shape index (κ2) is 10.0. The number of hydrogen-bond donors (Lipinski definition) is 1. The Morgan fingerprint density at radius 3 is 2.80 bits per heavy atom. The third-order valence-corrected chi connectivity index (χ3v) is 4.98. The van der Waals surface area contributed by atoms with Crippen LogP contribution < -0.4 is 10.2 Å². The minimum atomic E-state index is -0.219. The largest absolute Gasteiger partial charge is 0.311 e. The van der Waals surface area contributed by atoms with Crippen LogP contribution in [0.3, 0.4) is 0 Å². The maximum absolute atomic E-state index is 12.6. The van der Waals surface area contributed by atoms with Crippen molar-refractivity contribution in [3.8, 4) is 0 Å². The molecule has 30 heavy (non-hydrogen) atoms. The number of aromatic nitrogens is 3. The first-order valence-electron chi connectivity index (χ1n) is 10.4. The molecule has 2 aromatic rings. The molecule has 1 N–H and O–H groups in total. The SMILES string of the molecule is CC/C=C\C=C(/C)c1ccc(NC(=O)CCC(=O)N2CCCn3nc(C)cc32)nc1. The van der Waals surface area contributed by atoms with Gasteiger partial charge < -0.3 is 5.32 Å². The molecule has 0 spiro atoms. The standard InChI is InChI=1S/C23H29N5O2/c1-4-5-6-8-17(2)19-9-10-20(24-16-19)25-21(29)11-12-23(30)27-13-7-14-28-22(27)15-18(3)26-28/h5-6,8-10,15-16H,4,7,11-14H2,1-3H3,(H,24,25,29)/b6-5-,17-8+. The average Bonchev–Trinajstić information content (AvgIpc) is 3.12. The Hall–Kier alpha value is -3.22. The first kappa shape index (κ1) is 21.5. The van der Waals surface area contributed by atoms with Crippen molar-refractivity contribution in [2.75, 3.05) is 16.8 Å². The Labute approximate surface area is 177 Å². The third-order valence-electron chi connectivity index (χ3n) is 4.98. The molecule has 0 unspecified atom stereocenters. The van der Waals surface area contributed by atoms with Gasteiger partial charge >= 0.3 is 0 Å². The lowest BCUT2D eigenvalue weighted by Gasteiger charge is -2.27. The molecule has 0 saturated carbocycles. The van der Waals surface area contributed by atoms with Crippen molar-refractivity contribution in [1.29, 1.82) is 0 Å². The Kier molecular flexibility index (Phi) is 7.17. The van der Waals surface area contributed by atoms with Gasteiger partial charge in [0.15, 0.2) is 0 Å². The number of nitrogens with one attached hydrogen (secondary N) is 1. The summed E-state index contributed by atoms with van der Waals surface area (Å²) in [5.41, 5.74) is 3.00. The van der Waals surface area contributed by atoms with Crippen molar-refractivity contribution in [2.45, 2.75) is 53.0 Å². The minimum absolute atomic E-state index is 0.0600. The van der Waals surface area contributed by atoms with Crippen LogP contribution in [-0.2, 0) is 16.1 Å². The van der Waals surface area contributed by atoms with Gasteiger partial charge in [-0.05, 0) is 50.0 Å². The Bertz CT molecular complexity index is 956. The first-order chi connectivity index (χ1) is 14.5. The summed E-state index contributed by atoms with van der Waals surface area (Å²) in [5.74, 6) is 1.03. The lowest BCUT2D eigenvalue weighted by atomic mass is 10.1. The number of fused-ring (bicyclic) bond motifs is 1. The highest BCUT2D eigenvalue weighted by atomic mass is 16.2. The number of allylic oxidation sites excluding steroid dienone is 4. The Morgan fingerprint density at radius 1 is 1.23 bits per heavy atom. The molecule has 7 nitrogen and oxygen atoms in total. The molecule has 0 aliphatic carbocycles. The van der Waals surface area contributed by atoms with Crippen LogP contribution in [0.4, 0.5) is 11.6 Å². The molecule has 7 heteroatoms. The van der Waals surface area contributed by atoms with Crippen molar-refractivity contribution in [3.63, 3.8) is 0 Å². The van der Waals surface area contributed by atoms with E-state index in [9.17, 15) is 9.59 Å². The molecule has 0 bridgehead atoms. The highest BCUT2D eigenvalue weighted by molar-refractivity contribution is 5.97. The van der Waals surface area contributed by atoms with Gasteiger partial charge in [0.25, 0.3) is 0 Å². The summed E-state index contributed by atoms with van der Waals surface area (Å²) >= 11 is 0. The molecular formula is C23H29N5O2. The fourth-order valence-electron chi connectivity index (χ4n) is 3.37. The molecule has 1 aliphatic rings. The van der Waals surface area contributed by atoms with Crippen LogP contribution in [0.25, 0.3) is 5.57 Å². The van der Waals surface area contributed by atoms with Crippen molar-refractivity contribution in [2.24, 2.45) is 0 Å². The molecule has 2 aromatic heterocycles.